The fraction of sp³-hybridized carbons (Fsp3) is 0.120. The van der Waals surface area contributed by atoms with E-state index < -0.39 is 35.3 Å². The van der Waals surface area contributed by atoms with Crippen molar-refractivity contribution in [2.24, 2.45) is 5.92 Å². The molecule has 158 valence electrons. The maximum absolute atomic E-state index is 13.6. The predicted molar refractivity (Wildman–Crippen MR) is 120 cm³/mol. The fourth-order valence-electron chi connectivity index (χ4n) is 4.00. The van der Waals surface area contributed by atoms with Gasteiger partial charge in [0.2, 0.25) is 5.78 Å². The summed E-state index contributed by atoms with van der Waals surface area (Å²) in [7, 11) is 0. The third kappa shape index (κ3) is 3.31. The molecule has 1 amide bonds. The Balaban J connectivity index is 1.66. The fourth-order valence-corrected chi connectivity index (χ4v) is 5.00. The Morgan fingerprint density at radius 2 is 1.66 bits per heavy atom. The van der Waals surface area contributed by atoms with Gasteiger partial charge in [0.05, 0.1) is 16.3 Å². The number of thiazole rings is 1. The average Bonchev–Trinajstić information content (AvgIpc) is 3.33. The number of anilines is 1. The van der Waals surface area contributed by atoms with Gasteiger partial charge in [0, 0.05) is 5.56 Å². The molecule has 3 aromatic carbocycles. The highest BCUT2D eigenvalue weighted by molar-refractivity contribution is 7.22. The molecular formula is C25H17FN2O3S. The molecule has 2 unspecified atom stereocenters. The van der Waals surface area contributed by atoms with Gasteiger partial charge in [-0.3, -0.25) is 19.3 Å². The van der Waals surface area contributed by atoms with E-state index >= 15 is 0 Å². The van der Waals surface area contributed by atoms with Gasteiger partial charge in [0.1, 0.15) is 11.7 Å². The Morgan fingerprint density at radius 1 is 0.969 bits per heavy atom. The third-order valence-corrected chi connectivity index (χ3v) is 6.66. The molecule has 0 bridgehead atoms. The minimum atomic E-state index is -1.25. The van der Waals surface area contributed by atoms with Crippen LogP contribution in [-0.4, -0.2) is 22.5 Å². The summed E-state index contributed by atoms with van der Waals surface area (Å²) in [5.41, 5.74) is 2.51. The summed E-state index contributed by atoms with van der Waals surface area (Å²) >= 11 is 1.27. The Hall–Kier alpha value is -3.71. The van der Waals surface area contributed by atoms with Gasteiger partial charge in [-0.15, -0.1) is 0 Å². The number of halogens is 1. The number of carbonyl (C=O) groups excluding carboxylic acids is 3. The molecule has 2 heterocycles. The highest BCUT2D eigenvalue weighted by atomic mass is 32.1. The molecule has 1 aromatic heterocycles. The molecule has 5 nitrogen and oxygen atoms in total. The molecule has 1 aliphatic rings. The second kappa shape index (κ2) is 7.76. The molecule has 0 radical (unpaired) electrons. The monoisotopic (exact) mass is 444 g/mol. The van der Waals surface area contributed by atoms with E-state index in [1.165, 1.54) is 40.5 Å². The quantitative estimate of drug-likeness (QED) is 0.255. The number of ketones is 2. The Kier molecular flexibility index (Phi) is 4.90. The van der Waals surface area contributed by atoms with Crippen LogP contribution in [0.5, 0.6) is 0 Å². The summed E-state index contributed by atoms with van der Waals surface area (Å²) in [5, 5.41) is 0.332. The van der Waals surface area contributed by atoms with Crippen LogP contribution >= 0.6 is 11.3 Å². The van der Waals surface area contributed by atoms with E-state index in [2.05, 4.69) is 4.98 Å². The van der Waals surface area contributed by atoms with Crippen molar-refractivity contribution in [3.05, 3.63) is 95.3 Å². The van der Waals surface area contributed by atoms with Crippen LogP contribution in [-0.2, 0) is 9.59 Å². The SMILES string of the molecule is Cc1ccc(C(=O)C2C(=O)C(=O)N(c3nc4ccccc4s3)C2c2ccc(F)cc2)cc1. The molecule has 0 N–H and O–H groups in total. The number of nitrogens with zero attached hydrogens (tertiary/aromatic N) is 2. The maximum Gasteiger partial charge on any atom is 0.297 e. The first-order chi connectivity index (χ1) is 15.4. The lowest BCUT2D eigenvalue weighted by Gasteiger charge is -2.25. The number of hydrogen-bond acceptors (Lipinski definition) is 5. The normalized spacial score (nSPS) is 18.5. The van der Waals surface area contributed by atoms with Crippen LogP contribution < -0.4 is 4.90 Å². The first-order valence-corrected chi connectivity index (χ1v) is 10.8. The summed E-state index contributed by atoms with van der Waals surface area (Å²) < 4.78 is 14.5. The largest absolute Gasteiger partial charge is 0.297 e. The van der Waals surface area contributed by atoms with Crippen LogP contribution in [0.25, 0.3) is 10.2 Å². The molecule has 1 saturated heterocycles. The van der Waals surface area contributed by atoms with Crippen LogP contribution in [0.3, 0.4) is 0 Å². The zero-order valence-corrected chi connectivity index (χ0v) is 17.8. The van der Waals surface area contributed by atoms with E-state index in [0.717, 1.165) is 10.3 Å². The van der Waals surface area contributed by atoms with E-state index in [-0.39, 0.29) is 0 Å². The van der Waals surface area contributed by atoms with E-state index in [1.54, 1.807) is 24.3 Å². The smallest absolute Gasteiger partial charge is 0.293 e. The van der Waals surface area contributed by atoms with Crippen molar-refractivity contribution in [1.29, 1.82) is 0 Å². The number of amides is 1. The number of para-hydroxylation sites is 1. The molecule has 1 fully saturated rings. The second-order valence-electron chi connectivity index (χ2n) is 7.71. The number of carbonyl (C=O) groups is 3. The van der Waals surface area contributed by atoms with Gasteiger partial charge in [-0.1, -0.05) is 65.4 Å². The van der Waals surface area contributed by atoms with Gasteiger partial charge in [-0.05, 0) is 36.8 Å². The van der Waals surface area contributed by atoms with E-state index in [4.69, 9.17) is 0 Å². The molecular weight excluding hydrogens is 427 g/mol. The summed E-state index contributed by atoms with van der Waals surface area (Å²) in [6.07, 6.45) is 0. The lowest BCUT2D eigenvalue weighted by atomic mass is 9.86. The highest BCUT2D eigenvalue weighted by Crippen LogP contribution is 2.43. The summed E-state index contributed by atoms with van der Waals surface area (Å²) in [4.78, 5) is 45.5. The van der Waals surface area contributed by atoms with Crippen LogP contribution in [0.2, 0.25) is 0 Å². The zero-order valence-electron chi connectivity index (χ0n) is 17.0. The Labute approximate surface area is 187 Å². The first kappa shape index (κ1) is 20.2. The molecule has 5 rings (SSSR count). The summed E-state index contributed by atoms with van der Waals surface area (Å²) in [5.74, 6) is -3.71. The molecule has 4 aromatic rings. The highest BCUT2D eigenvalue weighted by Gasteiger charge is 2.53. The topological polar surface area (TPSA) is 67.3 Å². The second-order valence-corrected chi connectivity index (χ2v) is 8.72. The van der Waals surface area contributed by atoms with Crippen molar-refractivity contribution in [2.75, 3.05) is 4.90 Å². The van der Waals surface area contributed by atoms with E-state index in [9.17, 15) is 18.8 Å². The van der Waals surface area contributed by atoms with Crippen LogP contribution in [0.4, 0.5) is 9.52 Å². The predicted octanol–water partition coefficient (Wildman–Crippen LogP) is 4.90. The van der Waals surface area contributed by atoms with Crippen molar-refractivity contribution >= 4 is 44.2 Å². The standard InChI is InChI=1S/C25H17FN2O3S/c1-14-6-8-16(9-7-14)22(29)20-21(15-10-12-17(26)13-11-15)28(24(31)23(20)30)25-27-18-4-2-3-5-19(18)32-25/h2-13,20-21H,1H3. The van der Waals surface area contributed by atoms with Crippen LogP contribution in [0.15, 0.2) is 72.8 Å². The number of benzene rings is 3. The minimum Gasteiger partial charge on any atom is -0.293 e. The molecule has 0 aliphatic carbocycles. The molecule has 2 atom stereocenters. The van der Waals surface area contributed by atoms with Gasteiger partial charge in [-0.2, -0.15) is 0 Å². The van der Waals surface area contributed by atoms with Crippen LogP contribution in [0, 0.1) is 18.7 Å². The van der Waals surface area contributed by atoms with Gasteiger partial charge >= 0.3 is 0 Å². The van der Waals surface area contributed by atoms with Gasteiger partial charge in [0.25, 0.3) is 5.91 Å². The van der Waals surface area contributed by atoms with Crippen molar-refractivity contribution in [3.8, 4) is 0 Å². The number of rotatable bonds is 4. The Bertz CT molecular complexity index is 1330. The maximum atomic E-state index is 13.6. The Morgan fingerprint density at radius 3 is 2.34 bits per heavy atom. The third-order valence-electron chi connectivity index (χ3n) is 5.62. The molecule has 32 heavy (non-hydrogen) atoms. The first-order valence-electron chi connectivity index (χ1n) is 10.0. The lowest BCUT2D eigenvalue weighted by molar-refractivity contribution is -0.135. The van der Waals surface area contributed by atoms with Crippen molar-refractivity contribution < 1.29 is 18.8 Å². The number of aryl methyl sites for hydroxylation is 1. The summed E-state index contributed by atoms with van der Waals surface area (Å²) in [6.45, 7) is 1.90. The van der Waals surface area contributed by atoms with Crippen molar-refractivity contribution in [1.82, 2.24) is 4.98 Å². The minimum absolute atomic E-state index is 0.332. The number of fused-ring (bicyclic) bond motifs is 1. The number of hydrogen-bond donors (Lipinski definition) is 0. The van der Waals surface area contributed by atoms with Crippen molar-refractivity contribution in [3.63, 3.8) is 0 Å². The zero-order chi connectivity index (χ0) is 22.4. The lowest BCUT2D eigenvalue weighted by Crippen LogP contribution is -2.30. The van der Waals surface area contributed by atoms with Crippen LogP contribution in [0.1, 0.15) is 27.5 Å². The summed E-state index contributed by atoms with van der Waals surface area (Å²) in [6, 6.07) is 18.9. The average molecular weight is 444 g/mol. The molecule has 0 saturated carbocycles. The molecule has 1 aliphatic heterocycles. The molecule has 7 heteroatoms. The van der Waals surface area contributed by atoms with Gasteiger partial charge in [0.15, 0.2) is 10.9 Å². The van der Waals surface area contributed by atoms with Gasteiger partial charge < -0.3 is 0 Å². The number of Topliss-reactive ketones (excluding diaryl/α,β-unsaturated/α-hetero) is 2. The van der Waals surface area contributed by atoms with Gasteiger partial charge in [-0.25, -0.2) is 9.37 Å². The molecule has 0 spiro atoms. The van der Waals surface area contributed by atoms with E-state index in [1.807, 2.05) is 31.2 Å². The van der Waals surface area contributed by atoms with Crippen molar-refractivity contribution in [2.45, 2.75) is 13.0 Å². The number of aromatic nitrogens is 1. The van der Waals surface area contributed by atoms with E-state index in [0.29, 0.717) is 21.8 Å².